The third kappa shape index (κ3) is 5.35. The first kappa shape index (κ1) is 23.1. The number of nitrogens with one attached hydrogen (secondary N) is 1. The van der Waals surface area contributed by atoms with Crippen molar-refractivity contribution in [2.75, 3.05) is 38.1 Å². The van der Waals surface area contributed by atoms with Crippen LogP contribution in [-0.2, 0) is 0 Å². The first-order valence-corrected chi connectivity index (χ1v) is 13.0. The summed E-state index contributed by atoms with van der Waals surface area (Å²) in [5, 5.41) is 8.76. The number of aromatic amines is 1. The largest absolute Gasteiger partial charge is 0.488 e. The lowest BCUT2D eigenvalue weighted by molar-refractivity contribution is 0.200. The number of hydrogen-bond donors (Lipinski definition) is 1. The van der Waals surface area contributed by atoms with Crippen molar-refractivity contribution in [3.05, 3.63) is 30.6 Å². The fraction of sp³-hybridized carbons (Fsp3) is 0.593. The SMILES string of the molecule is CCN(CCN(C)CC1CCCCC1)c1cc(-c2n[nH]c3ccc(OC4(C)CC4)cc23)ncn1. The predicted octanol–water partition coefficient (Wildman–Crippen LogP) is 5.29. The van der Waals surface area contributed by atoms with Gasteiger partial charge in [-0.15, -0.1) is 0 Å². The molecule has 0 bridgehead atoms. The van der Waals surface area contributed by atoms with Crippen molar-refractivity contribution in [2.45, 2.75) is 64.4 Å². The summed E-state index contributed by atoms with van der Waals surface area (Å²) in [6.07, 6.45) is 10.9. The lowest BCUT2D eigenvalue weighted by Crippen LogP contribution is -2.36. The van der Waals surface area contributed by atoms with E-state index < -0.39 is 0 Å². The van der Waals surface area contributed by atoms with Crippen molar-refractivity contribution < 1.29 is 4.74 Å². The van der Waals surface area contributed by atoms with Crippen LogP contribution in [0.1, 0.15) is 58.8 Å². The number of anilines is 1. The Hall–Kier alpha value is -2.67. The number of hydrogen-bond acceptors (Lipinski definition) is 6. The minimum Gasteiger partial charge on any atom is -0.488 e. The third-order valence-electron chi connectivity index (χ3n) is 7.50. The molecule has 0 atom stereocenters. The van der Waals surface area contributed by atoms with Crippen LogP contribution in [0.4, 0.5) is 5.82 Å². The molecule has 0 radical (unpaired) electrons. The van der Waals surface area contributed by atoms with Crippen LogP contribution >= 0.6 is 0 Å². The Morgan fingerprint density at radius 3 is 2.68 bits per heavy atom. The lowest BCUT2D eigenvalue weighted by atomic mass is 9.89. The van der Waals surface area contributed by atoms with Crippen molar-refractivity contribution >= 4 is 16.7 Å². The Bertz CT molecular complexity index is 1100. The summed E-state index contributed by atoms with van der Waals surface area (Å²) in [4.78, 5) is 14.0. The molecule has 2 aromatic heterocycles. The second-order valence-corrected chi connectivity index (χ2v) is 10.4. The molecule has 2 aliphatic carbocycles. The van der Waals surface area contributed by atoms with E-state index in [-0.39, 0.29) is 5.60 Å². The maximum absolute atomic E-state index is 6.18. The van der Waals surface area contributed by atoms with Gasteiger partial charge in [-0.3, -0.25) is 5.10 Å². The van der Waals surface area contributed by atoms with Gasteiger partial charge in [0, 0.05) is 37.6 Å². The fourth-order valence-electron chi connectivity index (χ4n) is 5.09. The second-order valence-electron chi connectivity index (χ2n) is 10.4. The van der Waals surface area contributed by atoms with E-state index in [1.165, 1.54) is 38.6 Å². The van der Waals surface area contributed by atoms with Crippen LogP contribution in [-0.4, -0.2) is 63.9 Å². The zero-order chi connectivity index (χ0) is 23.5. The molecule has 0 amide bonds. The van der Waals surface area contributed by atoms with Crippen molar-refractivity contribution in [3.8, 4) is 17.1 Å². The van der Waals surface area contributed by atoms with Gasteiger partial charge in [0.25, 0.3) is 0 Å². The van der Waals surface area contributed by atoms with E-state index in [1.54, 1.807) is 6.33 Å². The standard InChI is InChI=1S/C27H38N6O/c1-4-33(15-14-32(3)18-20-8-6-5-7-9-20)25-17-24(28-19-29-25)26-22-16-21(34-27(2)12-13-27)10-11-23(22)30-31-26/h10-11,16-17,19-20H,4-9,12-15,18H2,1-3H3,(H,30,31). The molecule has 0 spiro atoms. The molecular formula is C27H38N6O. The van der Waals surface area contributed by atoms with Gasteiger partial charge in [-0.2, -0.15) is 5.10 Å². The minimum absolute atomic E-state index is 0.00850. The Kier molecular flexibility index (Phi) is 6.73. The summed E-state index contributed by atoms with van der Waals surface area (Å²) < 4.78 is 6.18. The summed E-state index contributed by atoms with van der Waals surface area (Å²) in [6, 6.07) is 8.20. The second kappa shape index (κ2) is 9.90. The maximum atomic E-state index is 6.18. The quantitative estimate of drug-likeness (QED) is 0.441. The fourth-order valence-corrected chi connectivity index (χ4v) is 5.09. The molecule has 182 valence electrons. The Labute approximate surface area is 202 Å². The molecule has 2 heterocycles. The monoisotopic (exact) mass is 462 g/mol. The molecule has 3 aromatic rings. The molecular weight excluding hydrogens is 424 g/mol. The summed E-state index contributed by atoms with van der Waals surface area (Å²) in [5.41, 5.74) is 2.65. The highest BCUT2D eigenvalue weighted by Crippen LogP contribution is 2.40. The van der Waals surface area contributed by atoms with Gasteiger partial charge in [0.05, 0.1) is 11.2 Å². The van der Waals surface area contributed by atoms with Gasteiger partial charge in [-0.05, 0) is 70.7 Å². The van der Waals surface area contributed by atoms with Crippen LogP contribution in [0.2, 0.25) is 0 Å². The maximum Gasteiger partial charge on any atom is 0.132 e. The number of H-pyrrole nitrogens is 1. The van der Waals surface area contributed by atoms with Crippen LogP contribution in [0, 0.1) is 5.92 Å². The molecule has 1 aromatic carbocycles. The van der Waals surface area contributed by atoms with E-state index in [2.05, 4.69) is 63.0 Å². The van der Waals surface area contributed by atoms with Gasteiger partial charge in [-0.25, -0.2) is 9.97 Å². The Morgan fingerprint density at radius 1 is 1.09 bits per heavy atom. The smallest absolute Gasteiger partial charge is 0.132 e. The van der Waals surface area contributed by atoms with Crippen molar-refractivity contribution in [1.29, 1.82) is 0 Å². The van der Waals surface area contributed by atoms with Gasteiger partial charge in [0.1, 0.15) is 29.2 Å². The normalized spacial score (nSPS) is 17.9. The molecule has 7 nitrogen and oxygen atoms in total. The topological polar surface area (TPSA) is 70.2 Å². The van der Waals surface area contributed by atoms with Crippen molar-refractivity contribution in [2.24, 2.45) is 5.92 Å². The molecule has 0 aliphatic heterocycles. The van der Waals surface area contributed by atoms with Gasteiger partial charge in [0.15, 0.2) is 0 Å². The van der Waals surface area contributed by atoms with Crippen LogP contribution < -0.4 is 9.64 Å². The highest BCUT2D eigenvalue weighted by atomic mass is 16.5. The molecule has 5 rings (SSSR count). The van der Waals surface area contributed by atoms with Gasteiger partial charge in [0.2, 0.25) is 0 Å². The average molecular weight is 463 g/mol. The molecule has 2 aliphatic rings. The zero-order valence-electron chi connectivity index (χ0n) is 20.9. The van der Waals surface area contributed by atoms with E-state index in [0.29, 0.717) is 0 Å². The number of nitrogens with zero attached hydrogens (tertiary/aromatic N) is 5. The van der Waals surface area contributed by atoms with E-state index in [9.17, 15) is 0 Å². The predicted molar refractivity (Wildman–Crippen MR) is 137 cm³/mol. The van der Waals surface area contributed by atoms with Crippen LogP contribution in [0.25, 0.3) is 22.3 Å². The summed E-state index contributed by atoms with van der Waals surface area (Å²) >= 11 is 0. The van der Waals surface area contributed by atoms with E-state index in [1.807, 2.05) is 12.1 Å². The number of aromatic nitrogens is 4. The number of likely N-dealkylation sites (N-methyl/N-ethyl adjacent to an activating group) is 2. The molecule has 2 fully saturated rings. The summed E-state index contributed by atoms with van der Waals surface area (Å²) in [5.74, 6) is 2.71. The van der Waals surface area contributed by atoms with Crippen LogP contribution in [0.15, 0.2) is 30.6 Å². The van der Waals surface area contributed by atoms with Gasteiger partial charge in [-0.1, -0.05) is 19.3 Å². The highest BCUT2D eigenvalue weighted by molar-refractivity contribution is 5.93. The summed E-state index contributed by atoms with van der Waals surface area (Å²) in [7, 11) is 2.26. The third-order valence-corrected chi connectivity index (χ3v) is 7.50. The van der Waals surface area contributed by atoms with E-state index in [0.717, 1.165) is 72.3 Å². The average Bonchev–Trinajstić information content (AvgIpc) is 3.42. The molecule has 2 saturated carbocycles. The van der Waals surface area contributed by atoms with E-state index >= 15 is 0 Å². The molecule has 7 heteroatoms. The van der Waals surface area contributed by atoms with Gasteiger partial charge < -0.3 is 14.5 Å². The molecule has 34 heavy (non-hydrogen) atoms. The van der Waals surface area contributed by atoms with Crippen molar-refractivity contribution in [3.63, 3.8) is 0 Å². The molecule has 0 unspecified atom stereocenters. The van der Waals surface area contributed by atoms with E-state index in [4.69, 9.17) is 4.74 Å². The summed E-state index contributed by atoms with van der Waals surface area (Å²) in [6.45, 7) is 8.45. The number of benzene rings is 1. The Balaban J connectivity index is 1.29. The highest BCUT2D eigenvalue weighted by Gasteiger charge is 2.40. The van der Waals surface area contributed by atoms with Crippen molar-refractivity contribution in [1.82, 2.24) is 25.1 Å². The van der Waals surface area contributed by atoms with Crippen LogP contribution in [0.3, 0.4) is 0 Å². The number of fused-ring (bicyclic) bond motifs is 1. The number of rotatable bonds is 10. The molecule has 1 N–H and O–H groups in total. The lowest BCUT2D eigenvalue weighted by Gasteiger charge is -2.29. The first-order chi connectivity index (χ1) is 16.5. The van der Waals surface area contributed by atoms with Crippen LogP contribution in [0.5, 0.6) is 5.75 Å². The van der Waals surface area contributed by atoms with Gasteiger partial charge >= 0.3 is 0 Å². The first-order valence-electron chi connectivity index (χ1n) is 13.0. The number of ether oxygens (including phenoxy) is 1. The Morgan fingerprint density at radius 2 is 1.91 bits per heavy atom. The zero-order valence-corrected chi connectivity index (χ0v) is 20.9. The minimum atomic E-state index is -0.00850. The molecule has 0 saturated heterocycles.